The zero-order chi connectivity index (χ0) is 31.6. The third-order valence-electron chi connectivity index (χ3n) is 8.75. The number of hydrogen-bond acceptors (Lipinski definition) is 8. The highest BCUT2D eigenvalue weighted by atomic mass is 16.5. The molecule has 0 bridgehead atoms. The lowest BCUT2D eigenvalue weighted by molar-refractivity contribution is -0.154. The molecule has 4 atom stereocenters. The van der Waals surface area contributed by atoms with Gasteiger partial charge in [-0.25, -0.2) is 14.8 Å². The number of hydrogen-bond donors (Lipinski definition) is 5. The molecule has 1 aliphatic heterocycles. The van der Waals surface area contributed by atoms with Gasteiger partial charge in [0, 0.05) is 44.5 Å². The molecule has 3 aromatic rings. The molecule has 0 spiro atoms. The van der Waals surface area contributed by atoms with Gasteiger partial charge >= 0.3 is 6.03 Å². The number of nitrogens with two attached hydrogens (primary N) is 1. The summed E-state index contributed by atoms with van der Waals surface area (Å²) in [6.45, 7) is 1.57. The van der Waals surface area contributed by atoms with Crippen molar-refractivity contribution >= 4 is 17.8 Å². The number of aromatic nitrogens is 4. The Labute approximate surface area is 262 Å². The van der Waals surface area contributed by atoms with Crippen LogP contribution in [0.25, 0.3) is 0 Å². The van der Waals surface area contributed by atoms with Crippen molar-refractivity contribution < 1.29 is 24.2 Å². The molecule has 1 saturated heterocycles. The fourth-order valence-corrected chi connectivity index (χ4v) is 6.32. The first-order valence-electron chi connectivity index (χ1n) is 15.8. The largest absolute Gasteiger partial charge is 0.383 e. The second-order valence-electron chi connectivity index (χ2n) is 11.9. The van der Waals surface area contributed by atoms with Gasteiger partial charge in [0.15, 0.2) is 0 Å². The molecule has 242 valence electrons. The number of carbonyl (C=O) groups is 3. The Morgan fingerprint density at radius 3 is 2.49 bits per heavy atom. The average Bonchev–Trinajstić information content (AvgIpc) is 3.80. The molecule has 13 nitrogen and oxygen atoms in total. The van der Waals surface area contributed by atoms with Gasteiger partial charge in [0.05, 0.1) is 37.3 Å². The number of H-pyrrole nitrogens is 2. The van der Waals surface area contributed by atoms with E-state index in [1.54, 1.807) is 17.3 Å². The van der Waals surface area contributed by atoms with Gasteiger partial charge < -0.3 is 35.8 Å². The summed E-state index contributed by atoms with van der Waals surface area (Å²) in [6, 6.07) is 5.70. The van der Waals surface area contributed by atoms with Crippen LogP contribution in [0.1, 0.15) is 61.7 Å². The molecule has 2 unspecified atom stereocenters. The maximum Gasteiger partial charge on any atom is 0.318 e. The van der Waals surface area contributed by atoms with E-state index >= 15 is 0 Å². The third kappa shape index (κ3) is 8.56. The lowest BCUT2D eigenvalue weighted by Crippen LogP contribution is -2.61. The predicted octanol–water partition coefficient (Wildman–Crippen LogP) is 2.08. The summed E-state index contributed by atoms with van der Waals surface area (Å²) in [7, 11) is 0. The van der Waals surface area contributed by atoms with Crippen molar-refractivity contribution in [2.24, 2.45) is 11.7 Å². The first-order chi connectivity index (χ1) is 21.9. The molecular weight excluding hydrogens is 576 g/mol. The number of rotatable bonds is 12. The van der Waals surface area contributed by atoms with Gasteiger partial charge in [0.2, 0.25) is 5.91 Å². The lowest BCUT2D eigenvalue weighted by atomic mass is 9.82. The van der Waals surface area contributed by atoms with Gasteiger partial charge in [-0.15, -0.1) is 0 Å². The zero-order valence-corrected chi connectivity index (χ0v) is 25.5. The van der Waals surface area contributed by atoms with Crippen LogP contribution in [0.3, 0.4) is 0 Å². The van der Waals surface area contributed by atoms with Crippen molar-refractivity contribution in [2.45, 2.75) is 75.6 Å². The van der Waals surface area contributed by atoms with Gasteiger partial charge in [-0.05, 0) is 17.9 Å². The topological polar surface area (TPSA) is 183 Å². The number of aromatic amines is 2. The van der Waals surface area contributed by atoms with E-state index in [-0.39, 0.29) is 24.6 Å². The van der Waals surface area contributed by atoms with E-state index < -0.39 is 42.1 Å². The van der Waals surface area contributed by atoms with Crippen LogP contribution in [0, 0.1) is 5.92 Å². The number of amides is 4. The molecule has 3 heterocycles. The number of benzene rings is 1. The van der Waals surface area contributed by atoms with Crippen LogP contribution in [0.5, 0.6) is 0 Å². The van der Waals surface area contributed by atoms with E-state index in [0.29, 0.717) is 38.4 Å². The molecule has 45 heavy (non-hydrogen) atoms. The number of ether oxygens (including phenoxy) is 1. The van der Waals surface area contributed by atoms with Crippen LogP contribution >= 0.6 is 0 Å². The molecule has 2 aliphatic rings. The van der Waals surface area contributed by atoms with E-state index in [1.807, 2.05) is 30.3 Å². The van der Waals surface area contributed by atoms with E-state index in [9.17, 15) is 19.5 Å². The standard InChI is InChI=1S/C32H44N8O5/c33-25(19-24-20-34-21-37-24)30(42)40(27(18-23-9-5-2-6-10-23)28(41)29-35-11-12-36-29)31(43)26(17-22-7-3-1-4-8-22)38-32(44)39-13-15-45-16-14-39/h1,3-4,7-8,11-12,20-21,23,25-28,41H,2,5-6,9-10,13-19,33H2,(H,34,37)(H,35,36)(H,38,44)/t25-,26-,27?,28?/m0/s1. The third-order valence-corrected chi connectivity index (χ3v) is 8.75. The summed E-state index contributed by atoms with van der Waals surface area (Å²) in [5.41, 5.74) is 7.87. The molecule has 5 rings (SSSR count). The van der Waals surface area contributed by atoms with E-state index in [0.717, 1.165) is 42.6 Å². The normalized spacial score (nSPS) is 18.5. The van der Waals surface area contributed by atoms with Crippen LogP contribution in [0.15, 0.2) is 55.2 Å². The number of morpholine rings is 1. The Morgan fingerprint density at radius 2 is 1.82 bits per heavy atom. The van der Waals surface area contributed by atoms with Gasteiger partial charge in [-0.1, -0.05) is 62.4 Å². The lowest BCUT2D eigenvalue weighted by Gasteiger charge is -2.39. The molecule has 13 heteroatoms. The summed E-state index contributed by atoms with van der Waals surface area (Å²) in [6.07, 6.45) is 10.6. The predicted molar refractivity (Wildman–Crippen MR) is 166 cm³/mol. The van der Waals surface area contributed by atoms with Gasteiger partial charge in [-0.2, -0.15) is 0 Å². The number of carbonyl (C=O) groups excluding carboxylic acids is 3. The highest BCUT2D eigenvalue weighted by molar-refractivity contribution is 6.01. The van der Waals surface area contributed by atoms with Gasteiger partial charge in [-0.3, -0.25) is 14.5 Å². The maximum atomic E-state index is 14.8. The Kier molecular flexibility index (Phi) is 11.3. The highest BCUT2D eigenvalue weighted by Gasteiger charge is 2.43. The first kappa shape index (κ1) is 32.3. The van der Waals surface area contributed by atoms with Crippen LogP contribution in [-0.4, -0.2) is 97.1 Å². The fraction of sp³-hybridized carbons (Fsp3) is 0.531. The van der Waals surface area contributed by atoms with Crippen LogP contribution < -0.4 is 11.1 Å². The van der Waals surface area contributed by atoms with E-state index in [1.165, 1.54) is 12.5 Å². The minimum atomic E-state index is -1.29. The quantitative estimate of drug-likeness (QED) is 0.204. The molecule has 2 aromatic heterocycles. The maximum absolute atomic E-state index is 14.8. The highest BCUT2D eigenvalue weighted by Crippen LogP contribution is 2.33. The van der Waals surface area contributed by atoms with E-state index in [2.05, 4.69) is 25.3 Å². The zero-order valence-electron chi connectivity index (χ0n) is 25.5. The molecule has 2 fully saturated rings. The Balaban J connectivity index is 1.51. The summed E-state index contributed by atoms with van der Waals surface area (Å²) in [4.78, 5) is 59.6. The fourth-order valence-electron chi connectivity index (χ4n) is 6.32. The van der Waals surface area contributed by atoms with Crippen LogP contribution in [-0.2, 0) is 27.2 Å². The van der Waals surface area contributed by atoms with Crippen molar-refractivity contribution in [2.75, 3.05) is 26.3 Å². The summed E-state index contributed by atoms with van der Waals surface area (Å²) >= 11 is 0. The summed E-state index contributed by atoms with van der Waals surface area (Å²) in [5.74, 6) is -0.837. The SMILES string of the molecule is N[C@@H](Cc1c[nH]cn1)C(=O)N(C(=O)[C@H](Cc1ccccc1)NC(=O)N1CCOCC1)C(CC1CCCCC1)C(O)c1ncc[nH]1. The van der Waals surface area contributed by atoms with Crippen molar-refractivity contribution in [3.8, 4) is 0 Å². The minimum absolute atomic E-state index is 0.0859. The first-order valence-corrected chi connectivity index (χ1v) is 15.8. The van der Waals surface area contributed by atoms with Crippen molar-refractivity contribution in [3.05, 3.63) is 72.3 Å². The number of aliphatic hydroxyl groups is 1. The van der Waals surface area contributed by atoms with Crippen molar-refractivity contribution in [3.63, 3.8) is 0 Å². The molecule has 1 aliphatic carbocycles. The second kappa shape index (κ2) is 15.8. The Bertz CT molecular complexity index is 1340. The summed E-state index contributed by atoms with van der Waals surface area (Å²) < 4.78 is 5.40. The van der Waals surface area contributed by atoms with Crippen LogP contribution in [0.2, 0.25) is 0 Å². The smallest absolute Gasteiger partial charge is 0.318 e. The Hall–Kier alpha value is -4.07. The van der Waals surface area contributed by atoms with Crippen LogP contribution in [0.4, 0.5) is 4.79 Å². The molecule has 6 N–H and O–H groups in total. The van der Waals surface area contributed by atoms with Gasteiger partial charge in [0.25, 0.3) is 5.91 Å². The van der Waals surface area contributed by atoms with Gasteiger partial charge in [0.1, 0.15) is 18.0 Å². The monoisotopic (exact) mass is 620 g/mol. The number of nitrogens with one attached hydrogen (secondary N) is 3. The molecule has 1 saturated carbocycles. The molecular formula is C32H44N8O5. The summed E-state index contributed by atoms with van der Waals surface area (Å²) in [5, 5.41) is 14.7. The number of imide groups is 1. The number of imidazole rings is 2. The number of nitrogens with zero attached hydrogens (tertiary/aromatic N) is 4. The molecule has 1 aromatic carbocycles. The minimum Gasteiger partial charge on any atom is -0.383 e. The number of urea groups is 1. The van der Waals surface area contributed by atoms with E-state index in [4.69, 9.17) is 10.5 Å². The molecule has 0 radical (unpaired) electrons. The Morgan fingerprint density at radius 1 is 1.07 bits per heavy atom. The second-order valence-corrected chi connectivity index (χ2v) is 11.9. The van der Waals surface area contributed by atoms with Crippen molar-refractivity contribution in [1.29, 1.82) is 0 Å². The average molecular weight is 621 g/mol. The van der Waals surface area contributed by atoms with Crippen molar-refractivity contribution in [1.82, 2.24) is 35.1 Å². The molecule has 4 amide bonds. The number of aliphatic hydroxyl groups excluding tert-OH is 1.